The zero-order chi connectivity index (χ0) is 11.8. The number of aromatic nitrogens is 4. The number of fused-ring (bicyclic) bond motifs is 1. The maximum absolute atomic E-state index is 9.04. The molecule has 7 nitrogen and oxygen atoms in total. The third kappa shape index (κ3) is 1.63. The van der Waals surface area contributed by atoms with Gasteiger partial charge in [0.25, 0.3) is 0 Å². The molecule has 3 heterocycles. The van der Waals surface area contributed by atoms with Gasteiger partial charge in [-0.1, -0.05) is 0 Å². The summed E-state index contributed by atoms with van der Waals surface area (Å²) in [7, 11) is 0. The van der Waals surface area contributed by atoms with Crippen LogP contribution in [0.4, 0.5) is 5.82 Å². The molecule has 1 saturated heterocycles. The molecule has 0 aliphatic carbocycles. The largest absolute Gasteiger partial charge is 0.394 e. The molecule has 2 atom stereocenters. The first kappa shape index (κ1) is 10.4. The Morgan fingerprint density at radius 2 is 2.29 bits per heavy atom. The molecule has 1 fully saturated rings. The average molecular weight is 235 g/mol. The number of nitrogens with two attached hydrogens (primary N) is 1. The summed E-state index contributed by atoms with van der Waals surface area (Å²) < 4.78 is 7.51. The highest BCUT2D eigenvalue weighted by Gasteiger charge is 2.27. The number of nitrogens with zero attached hydrogens (tertiary/aromatic N) is 4. The van der Waals surface area contributed by atoms with Crippen LogP contribution in [0.25, 0.3) is 11.2 Å². The van der Waals surface area contributed by atoms with Gasteiger partial charge in [-0.2, -0.15) is 0 Å². The zero-order valence-corrected chi connectivity index (χ0v) is 9.15. The summed E-state index contributed by atoms with van der Waals surface area (Å²) in [6.45, 7) is 0.0419. The minimum atomic E-state index is -0.133. The Labute approximate surface area is 97.3 Å². The predicted molar refractivity (Wildman–Crippen MR) is 60.0 cm³/mol. The van der Waals surface area contributed by atoms with E-state index in [4.69, 9.17) is 15.6 Å². The van der Waals surface area contributed by atoms with Crippen LogP contribution in [0.1, 0.15) is 19.1 Å². The second-order valence-electron chi connectivity index (χ2n) is 4.06. The van der Waals surface area contributed by atoms with Crippen molar-refractivity contribution in [2.24, 2.45) is 0 Å². The quantitative estimate of drug-likeness (QED) is 0.764. The summed E-state index contributed by atoms with van der Waals surface area (Å²) in [4.78, 5) is 12.2. The van der Waals surface area contributed by atoms with E-state index in [1.807, 2.05) is 4.57 Å². The van der Waals surface area contributed by atoms with E-state index in [9.17, 15) is 0 Å². The maximum Gasteiger partial charge on any atom is 0.167 e. The van der Waals surface area contributed by atoms with Crippen LogP contribution in [0.2, 0.25) is 0 Å². The number of ether oxygens (including phenoxy) is 1. The van der Waals surface area contributed by atoms with Crippen LogP contribution < -0.4 is 5.73 Å². The minimum absolute atomic E-state index is 0.0419. The van der Waals surface area contributed by atoms with Gasteiger partial charge in [0.15, 0.2) is 11.5 Å². The van der Waals surface area contributed by atoms with Gasteiger partial charge in [0.1, 0.15) is 18.1 Å². The van der Waals surface area contributed by atoms with Crippen LogP contribution in [0.3, 0.4) is 0 Å². The first-order chi connectivity index (χ1) is 8.29. The average Bonchev–Trinajstić information content (AvgIpc) is 2.94. The van der Waals surface area contributed by atoms with Gasteiger partial charge in [-0.3, -0.25) is 4.57 Å². The summed E-state index contributed by atoms with van der Waals surface area (Å²) >= 11 is 0. The van der Waals surface area contributed by atoms with Crippen molar-refractivity contribution in [3.05, 3.63) is 12.7 Å². The fraction of sp³-hybridized carbons (Fsp3) is 0.500. The van der Waals surface area contributed by atoms with E-state index < -0.39 is 0 Å². The van der Waals surface area contributed by atoms with Crippen molar-refractivity contribution in [3.63, 3.8) is 0 Å². The van der Waals surface area contributed by atoms with Gasteiger partial charge in [-0.15, -0.1) is 0 Å². The van der Waals surface area contributed by atoms with Crippen LogP contribution >= 0.6 is 0 Å². The Morgan fingerprint density at radius 1 is 1.41 bits per heavy atom. The third-order valence-electron chi connectivity index (χ3n) is 2.99. The van der Waals surface area contributed by atoms with Crippen LogP contribution in [0.5, 0.6) is 0 Å². The lowest BCUT2D eigenvalue weighted by molar-refractivity contribution is -0.0207. The molecule has 0 amide bonds. The number of nitrogen functional groups attached to an aromatic ring is 1. The number of aliphatic hydroxyl groups excluding tert-OH is 1. The first-order valence-corrected chi connectivity index (χ1v) is 5.49. The summed E-state index contributed by atoms with van der Waals surface area (Å²) in [6.07, 6.45) is 4.50. The molecular formula is C10H13N5O2. The SMILES string of the molecule is Nc1ncnc2c1ncn2[C@H]1CC[C@H](CO)O1. The Kier molecular flexibility index (Phi) is 2.41. The van der Waals surface area contributed by atoms with Gasteiger partial charge < -0.3 is 15.6 Å². The molecule has 2 aromatic heterocycles. The van der Waals surface area contributed by atoms with Crippen LogP contribution in [0, 0.1) is 0 Å². The van der Waals surface area contributed by atoms with Gasteiger partial charge in [0.2, 0.25) is 0 Å². The van der Waals surface area contributed by atoms with Crippen molar-refractivity contribution in [1.29, 1.82) is 0 Å². The van der Waals surface area contributed by atoms with Gasteiger partial charge in [-0.25, -0.2) is 15.0 Å². The standard InChI is InChI=1S/C10H13N5O2/c11-9-8-10(13-4-12-9)15(5-14-8)7-2-1-6(3-16)17-7/h4-7,16H,1-3H2,(H2,11,12,13)/t6-,7-/m1/s1. The number of anilines is 1. The third-order valence-corrected chi connectivity index (χ3v) is 2.99. The number of rotatable bonds is 2. The van der Waals surface area contributed by atoms with Gasteiger partial charge in [0, 0.05) is 0 Å². The van der Waals surface area contributed by atoms with Crippen molar-refractivity contribution in [3.8, 4) is 0 Å². The summed E-state index contributed by atoms with van der Waals surface area (Å²) in [6, 6.07) is 0. The van der Waals surface area contributed by atoms with Crippen LogP contribution in [-0.2, 0) is 4.74 Å². The molecular weight excluding hydrogens is 222 g/mol. The van der Waals surface area contributed by atoms with Crippen molar-refractivity contribution >= 4 is 17.0 Å². The second-order valence-corrected chi connectivity index (χ2v) is 4.06. The van der Waals surface area contributed by atoms with E-state index in [-0.39, 0.29) is 18.9 Å². The molecule has 0 bridgehead atoms. The number of hydrogen-bond donors (Lipinski definition) is 2. The van der Waals surface area contributed by atoms with Gasteiger partial charge in [-0.05, 0) is 12.8 Å². The van der Waals surface area contributed by atoms with E-state index in [2.05, 4.69) is 15.0 Å². The van der Waals surface area contributed by atoms with Crippen molar-refractivity contribution in [1.82, 2.24) is 19.5 Å². The molecule has 3 rings (SSSR count). The number of imidazole rings is 1. The Balaban J connectivity index is 1.99. The zero-order valence-electron chi connectivity index (χ0n) is 9.15. The van der Waals surface area contributed by atoms with E-state index in [0.29, 0.717) is 17.0 Å². The molecule has 7 heteroatoms. The van der Waals surface area contributed by atoms with E-state index in [1.54, 1.807) is 6.33 Å². The minimum Gasteiger partial charge on any atom is -0.394 e. The Bertz CT molecular complexity index is 540. The molecule has 0 unspecified atom stereocenters. The fourth-order valence-corrected chi connectivity index (χ4v) is 2.11. The second kappa shape index (κ2) is 3.94. The molecule has 0 radical (unpaired) electrons. The van der Waals surface area contributed by atoms with Gasteiger partial charge in [0.05, 0.1) is 19.0 Å². The number of hydrogen-bond acceptors (Lipinski definition) is 6. The highest BCUT2D eigenvalue weighted by Crippen LogP contribution is 2.30. The Morgan fingerprint density at radius 3 is 3.06 bits per heavy atom. The van der Waals surface area contributed by atoms with E-state index >= 15 is 0 Å². The fourth-order valence-electron chi connectivity index (χ4n) is 2.11. The molecule has 0 saturated carbocycles. The summed E-state index contributed by atoms with van der Waals surface area (Å²) in [5, 5.41) is 9.04. The lowest BCUT2D eigenvalue weighted by Gasteiger charge is -2.13. The Hall–Kier alpha value is -1.73. The molecule has 2 aromatic rings. The summed E-state index contributed by atoms with van der Waals surface area (Å²) in [5.41, 5.74) is 6.97. The van der Waals surface area contributed by atoms with Gasteiger partial charge >= 0.3 is 0 Å². The molecule has 1 aliphatic rings. The molecule has 1 aliphatic heterocycles. The number of aliphatic hydroxyl groups is 1. The lowest BCUT2D eigenvalue weighted by Crippen LogP contribution is -2.14. The predicted octanol–water partition coefficient (Wildman–Crippen LogP) is 0.0784. The van der Waals surface area contributed by atoms with Crippen molar-refractivity contribution in [2.75, 3.05) is 12.3 Å². The monoisotopic (exact) mass is 235 g/mol. The normalized spacial score (nSPS) is 24.5. The summed E-state index contributed by atoms with van der Waals surface area (Å²) in [5.74, 6) is 0.366. The van der Waals surface area contributed by atoms with Crippen molar-refractivity contribution in [2.45, 2.75) is 25.2 Å². The van der Waals surface area contributed by atoms with Crippen LogP contribution in [-0.4, -0.2) is 37.3 Å². The molecule has 0 spiro atoms. The maximum atomic E-state index is 9.04. The molecule has 90 valence electrons. The van der Waals surface area contributed by atoms with E-state index in [0.717, 1.165) is 12.8 Å². The highest BCUT2D eigenvalue weighted by atomic mass is 16.5. The highest BCUT2D eigenvalue weighted by molar-refractivity contribution is 5.81. The molecule has 3 N–H and O–H groups in total. The van der Waals surface area contributed by atoms with E-state index in [1.165, 1.54) is 6.33 Å². The van der Waals surface area contributed by atoms with Crippen LogP contribution in [0.15, 0.2) is 12.7 Å². The first-order valence-electron chi connectivity index (χ1n) is 5.49. The topological polar surface area (TPSA) is 99.1 Å². The smallest absolute Gasteiger partial charge is 0.167 e. The molecule has 17 heavy (non-hydrogen) atoms. The lowest BCUT2D eigenvalue weighted by atomic mass is 10.2. The molecule has 0 aromatic carbocycles. The van der Waals surface area contributed by atoms with Crippen molar-refractivity contribution < 1.29 is 9.84 Å².